The minimum atomic E-state index is 0.550. The van der Waals surface area contributed by atoms with E-state index in [1.165, 1.54) is 11.5 Å². The molecule has 0 amide bonds. The summed E-state index contributed by atoms with van der Waals surface area (Å²) in [5.41, 5.74) is 6.66. The topological polar surface area (TPSA) is 38.9 Å². The van der Waals surface area contributed by atoms with Crippen LogP contribution in [-0.4, -0.2) is 4.37 Å². The third kappa shape index (κ3) is 1.48. The summed E-state index contributed by atoms with van der Waals surface area (Å²) in [6.45, 7) is 4.31. The average molecular weight is 156 g/mol. The van der Waals surface area contributed by atoms with E-state index < -0.39 is 0 Å². The minimum Gasteiger partial charge on any atom is -0.389 e. The normalized spacial score (nSPS) is 13.4. The number of hydrogen-bond donors (Lipinski definition) is 1. The first-order valence-electron chi connectivity index (χ1n) is 3.46. The lowest BCUT2D eigenvalue weighted by Gasteiger charge is -2.00. The van der Waals surface area contributed by atoms with E-state index in [0.29, 0.717) is 5.92 Å². The summed E-state index contributed by atoms with van der Waals surface area (Å²) in [4.78, 5) is 0. The van der Waals surface area contributed by atoms with Crippen LogP contribution in [0, 0.1) is 0 Å². The summed E-state index contributed by atoms with van der Waals surface area (Å²) in [6, 6.07) is 1.96. The molecule has 0 radical (unpaired) electrons. The number of aromatic nitrogens is 1. The Morgan fingerprint density at radius 3 is 2.90 bits per heavy atom. The molecule has 0 aliphatic carbocycles. The zero-order chi connectivity index (χ0) is 7.56. The van der Waals surface area contributed by atoms with Crippen molar-refractivity contribution in [2.24, 2.45) is 0 Å². The summed E-state index contributed by atoms with van der Waals surface area (Å²) in [5, 5.41) is 0.815. The zero-order valence-electron chi connectivity index (χ0n) is 6.29. The smallest absolute Gasteiger partial charge is 0.107 e. The highest BCUT2D eigenvalue weighted by molar-refractivity contribution is 7.10. The van der Waals surface area contributed by atoms with Crippen molar-refractivity contribution in [1.29, 1.82) is 0 Å². The van der Waals surface area contributed by atoms with Crippen LogP contribution in [0.3, 0.4) is 0 Å². The van der Waals surface area contributed by atoms with Gasteiger partial charge in [0.05, 0.1) is 5.69 Å². The molecule has 2 nitrogen and oxygen atoms in total. The van der Waals surface area contributed by atoms with Crippen LogP contribution in [0.15, 0.2) is 6.07 Å². The van der Waals surface area contributed by atoms with Gasteiger partial charge in [0.1, 0.15) is 5.00 Å². The Labute approximate surface area is 65.2 Å². The lowest BCUT2D eigenvalue weighted by molar-refractivity contribution is 0.718. The largest absolute Gasteiger partial charge is 0.389 e. The molecule has 1 atom stereocenters. The van der Waals surface area contributed by atoms with Gasteiger partial charge >= 0.3 is 0 Å². The van der Waals surface area contributed by atoms with E-state index >= 15 is 0 Å². The maximum atomic E-state index is 5.53. The third-order valence-electron chi connectivity index (χ3n) is 1.66. The lowest BCUT2D eigenvalue weighted by atomic mass is 10.1. The minimum absolute atomic E-state index is 0.550. The van der Waals surface area contributed by atoms with Crippen LogP contribution in [0.1, 0.15) is 31.9 Å². The Hall–Kier alpha value is -0.570. The molecule has 0 fully saturated rings. The molecule has 56 valence electrons. The first-order chi connectivity index (χ1) is 4.74. The number of hydrogen-bond acceptors (Lipinski definition) is 3. The number of nitrogen functional groups attached to an aromatic ring is 1. The van der Waals surface area contributed by atoms with E-state index in [9.17, 15) is 0 Å². The molecule has 0 bridgehead atoms. The molecule has 0 aliphatic heterocycles. The maximum Gasteiger partial charge on any atom is 0.107 e. The summed E-state index contributed by atoms with van der Waals surface area (Å²) in [5.74, 6) is 0.550. The molecule has 0 aliphatic rings. The summed E-state index contributed by atoms with van der Waals surface area (Å²) in [6.07, 6.45) is 1.13. The molecule has 1 aromatic heterocycles. The molecule has 0 saturated carbocycles. The molecule has 1 aromatic rings. The fourth-order valence-electron chi connectivity index (χ4n) is 0.745. The van der Waals surface area contributed by atoms with Crippen LogP contribution >= 0.6 is 11.5 Å². The first-order valence-corrected chi connectivity index (χ1v) is 4.23. The fraction of sp³-hybridized carbons (Fsp3) is 0.571. The van der Waals surface area contributed by atoms with Gasteiger partial charge in [-0.3, -0.25) is 0 Å². The molecule has 0 spiro atoms. The quantitative estimate of drug-likeness (QED) is 0.713. The SMILES string of the molecule is CCC(C)c1cc(N)sn1. The Bertz CT molecular complexity index is 207. The molecule has 2 N–H and O–H groups in total. The van der Waals surface area contributed by atoms with Crippen LogP contribution < -0.4 is 5.73 Å². The van der Waals surface area contributed by atoms with Gasteiger partial charge in [-0.05, 0) is 29.9 Å². The molecule has 1 unspecified atom stereocenters. The second-order valence-electron chi connectivity index (χ2n) is 2.46. The van der Waals surface area contributed by atoms with Gasteiger partial charge < -0.3 is 5.73 Å². The van der Waals surface area contributed by atoms with Crippen molar-refractivity contribution >= 4 is 16.5 Å². The van der Waals surface area contributed by atoms with Crippen LogP contribution in [0.4, 0.5) is 5.00 Å². The van der Waals surface area contributed by atoms with Crippen LogP contribution in [0.2, 0.25) is 0 Å². The van der Waals surface area contributed by atoms with Crippen LogP contribution in [0.25, 0.3) is 0 Å². The van der Waals surface area contributed by atoms with E-state index in [-0.39, 0.29) is 0 Å². The van der Waals surface area contributed by atoms with E-state index in [0.717, 1.165) is 17.1 Å². The summed E-state index contributed by atoms with van der Waals surface area (Å²) >= 11 is 1.38. The van der Waals surface area contributed by atoms with Gasteiger partial charge in [0.15, 0.2) is 0 Å². The van der Waals surface area contributed by atoms with Gasteiger partial charge in [0.2, 0.25) is 0 Å². The summed E-state index contributed by atoms with van der Waals surface area (Å²) < 4.78 is 4.20. The number of nitrogens with two attached hydrogens (primary N) is 1. The molecular formula is C7H12N2S. The molecular weight excluding hydrogens is 144 g/mol. The number of anilines is 1. The summed E-state index contributed by atoms with van der Waals surface area (Å²) in [7, 11) is 0. The average Bonchev–Trinajstić information content (AvgIpc) is 2.34. The highest BCUT2D eigenvalue weighted by Gasteiger charge is 2.05. The van der Waals surface area contributed by atoms with Crippen molar-refractivity contribution < 1.29 is 0 Å². The van der Waals surface area contributed by atoms with E-state index in [2.05, 4.69) is 18.2 Å². The van der Waals surface area contributed by atoms with Gasteiger partial charge in [0.25, 0.3) is 0 Å². The van der Waals surface area contributed by atoms with E-state index in [4.69, 9.17) is 5.73 Å². The van der Waals surface area contributed by atoms with Gasteiger partial charge in [-0.2, -0.15) is 4.37 Å². The molecule has 10 heavy (non-hydrogen) atoms. The monoisotopic (exact) mass is 156 g/mol. The number of rotatable bonds is 2. The van der Waals surface area contributed by atoms with Crippen molar-refractivity contribution in [3.8, 4) is 0 Å². The molecule has 0 aromatic carbocycles. The van der Waals surface area contributed by atoms with Gasteiger partial charge in [-0.15, -0.1) is 0 Å². The van der Waals surface area contributed by atoms with Gasteiger partial charge in [-0.25, -0.2) is 0 Å². The Morgan fingerprint density at radius 1 is 1.80 bits per heavy atom. The van der Waals surface area contributed by atoms with E-state index in [1.54, 1.807) is 0 Å². The van der Waals surface area contributed by atoms with Crippen molar-refractivity contribution in [1.82, 2.24) is 4.37 Å². The van der Waals surface area contributed by atoms with Gasteiger partial charge in [-0.1, -0.05) is 13.8 Å². The van der Waals surface area contributed by atoms with Crippen molar-refractivity contribution in [3.05, 3.63) is 11.8 Å². The Kier molecular flexibility index (Phi) is 2.27. The predicted octanol–water partition coefficient (Wildman–Crippen LogP) is 2.24. The lowest BCUT2D eigenvalue weighted by Crippen LogP contribution is -1.89. The molecule has 0 saturated heterocycles. The van der Waals surface area contributed by atoms with Gasteiger partial charge in [0, 0.05) is 0 Å². The molecule has 1 rings (SSSR count). The van der Waals surface area contributed by atoms with Crippen LogP contribution in [0.5, 0.6) is 0 Å². The predicted molar refractivity (Wildman–Crippen MR) is 45.2 cm³/mol. The van der Waals surface area contributed by atoms with Crippen molar-refractivity contribution in [2.45, 2.75) is 26.2 Å². The highest BCUT2D eigenvalue weighted by atomic mass is 32.1. The highest BCUT2D eigenvalue weighted by Crippen LogP contribution is 2.21. The third-order valence-corrected chi connectivity index (χ3v) is 2.29. The van der Waals surface area contributed by atoms with E-state index in [1.807, 2.05) is 6.07 Å². The van der Waals surface area contributed by atoms with Crippen molar-refractivity contribution in [3.63, 3.8) is 0 Å². The molecule has 3 heteroatoms. The standard InChI is InChI=1S/C7H12N2S/c1-3-5(2)6-4-7(8)10-9-6/h4-5H,3,8H2,1-2H3. The Balaban J connectivity index is 2.74. The zero-order valence-corrected chi connectivity index (χ0v) is 7.11. The maximum absolute atomic E-state index is 5.53. The van der Waals surface area contributed by atoms with Crippen LogP contribution in [-0.2, 0) is 0 Å². The second kappa shape index (κ2) is 3.01. The molecule has 1 heterocycles. The fourth-order valence-corrected chi connectivity index (χ4v) is 1.36. The second-order valence-corrected chi connectivity index (χ2v) is 3.30. The number of nitrogens with zero attached hydrogens (tertiary/aromatic N) is 1. The Morgan fingerprint density at radius 2 is 2.50 bits per heavy atom. The first kappa shape index (κ1) is 7.54. The van der Waals surface area contributed by atoms with Crippen molar-refractivity contribution in [2.75, 3.05) is 5.73 Å².